The Bertz CT molecular complexity index is 116. The SMILES string of the molecule is O=C(CCl)NS(=O)O. The van der Waals surface area contributed by atoms with Crippen LogP contribution in [0.5, 0.6) is 0 Å². The molecule has 0 bridgehead atoms. The molecule has 0 spiro atoms. The molecule has 1 atom stereocenters. The summed E-state index contributed by atoms with van der Waals surface area (Å²) >= 11 is 2.66. The molecule has 0 radical (unpaired) electrons. The second-order valence-electron chi connectivity index (χ2n) is 0.908. The van der Waals surface area contributed by atoms with Gasteiger partial charge in [-0.25, -0.2) is 4.21 Å². The Hall–Kier alpha value is -0.130. The lowest BCUT2D eigenvalue weighted by molar-refractivity contribution is -0.116. The predicted octanol–water partition coefficient (Wildman–Crippen LogP) is -0.522. The molecular weight excluding hydrogens is 154 g/mol. The van der Waals surface area contributed by atoms with Gasteiger partial charge in [0.1, 0.15) is 5.88 Å². The molecule has 6 heteroatoms. The molecule has 0 saturated heterocycles. The molecule has 0 aliphatic rings. The van der Waals surface area contributed by atoms with E-state index in [-0.39, 0.29) is 5.88 Å². The largest absolute Gasteiger partial charge is 0.289 e. The second kappa shape index (κ2) is 3.82. The van der Waals surface area contributed by atoms with Crippen molar-refractivity contribution in [1.29, 1.82) is 0 Å². The number of carbonyl (C=O) groups is 1. The van der Waals surface area contributed by atoms with Gasteiger partial charge in [-0.15, -0.1) is 11.6 Å². The van der Waals surface area contributed by atoms with Crippen molar-refractivity contribution in [3.63, 3.8) is 0 Å². The van der Waals surface area contributed by atoms with Crippen LogP contribution in [0.25, 0.3) is 0 Å². The minimum atomic E-state index is -2.28. The van der Waals surface area contributed by atoms with E-state index in [1.54, 1.807) is 4.72 Å². The van der Waals surface area contributed by atoms with Crippen molar-refractivity contribution < 1.29 is 13.6 Å². The lowest BCUT2D eigenvalue weighted by Gasteiger charge is -1.91. The van der Waals surface area contributed by atoms with Gasteiger partial charge in [0.2, 0.25) is 5.91 Å². The fourth-order valence-corrected chi connectivity index (χ4v) is 0.538. The Kier molecular flexibility index (Phi) is 3.76. The van der Waals surface area contributed by atoms with Crippen LogP contribution in [0.1, 0.15) is 0 Å². The summed E-state index contributed by atoms with van der Waals surface area (Å²) in [6, 6.07) is 0. The molecule has 0 saturated carbocycles. The monoisotopic (exact) mass is 157 g/mol. The number of hydrogen-bond acceptors (Lipinski definition) is 2. The highest BCUT2D eigenvalue weighted by Crippen LogP contribution is 1.73. The fraction of sp³-hybridized carbons (Fsp3) is 0.500. The van der Waals surface area contributed by atoms with E-state index in [1.807, 2.05) is 0 Å². The van der Waals surface area contributed by atoms with Gasteiger partial charge in [-0.2, -0.15) is 0 Å². The number of carbonyl (C=O) groups excluding carboxylic acids is 1. The van der Waals surface area contributed by atoms with Crippen molar-refractivity contribution >= 4 is 28.8 Å². The summed E-state index contributed by atoms with van der Waals surface area (Å²) in [5.74, 6) is -0.959. The Labute approximate surface area is 53.6 Å². The zero-order valence-electron chi connectivity index (χ0n) is 3.76. The molecule has 0 aliphatic heterocycles. The molecule has 0 fully saturated rings. The van der Waals surface area contributed by atoms with Crippen LogP contribution in [0.2, 0.25) is 0 Å². The van der Waals surface area contributed by atoms with Crippen LogP contribution in [0.4, 0.5) is 0 Å². The lowest BCUT2D eigenvalue weighted by atomic mass is 10.8. The van der Waals surface area contributed by atoms with Crippen LogP contribution in [0, 0.1) is 0 Å². The highest BCUT2D eigenvalue weighted by atomic mass is 35.5. The zero-order valence-corrected chi connectivity index (χ0v) is 5.33. The summed E-state index contributed by atoms with van der Waals surface area (Å²) in [4.78, 5) is 10.0. The molecule has 2 N–H and O–H groups in total. The van der Waals surface area contributed by atoms with Crippen LogP contribution in [-0.4, -0.2) is 20.5 Å². The van der Waals surface area contributed by atoms with Gasteiger partial charge in [-0.1, -0.05) is 0 Å². The van der Waals surface area contributed by atoms with Crippen molar-refractivity contribution in [2.24, 2.45) is 0 Å². The number of halogens is 1. The zero-order chi connectivity index (χ0) is 6.57. The third-order valence-electron chi connectivity index (χ3n) is 0.323. The van der Waals surface area contributed by atoms with Gasteiger partial charge in [-0.05, 0) is 0 Å². The van der Waals surface area contributed by atoms with E-state index >= 15 is 0 Å². The first-order valence-electron chi connectivity index (χ1n) is 1.63. The van der Waals surface area contributed by atoms with Crippen molar-refractivity contribution in [2.75, 3.05) is 5.88 Å². The maximum atomic E-state index is 10.0. The van der Waals surface area contributed by atoms with Gasteiger partial charge in [0.05, 0.1) is 0 Å². The topological polar surface area (TPSA) is 66.4 Å². The fourth-order valence-electron chi connectivity index (χ4n) is 0.125. The van der Waals surface area contributed by atoms with E-state index in [2.05, 4.69) is 0 Å². The predicted molar refractivity (Wildman–Crippen MR) is 29.6 cm³/mol. The summed E-state index contributed by atoms with van der Waals surface area (Å²) in [5, 5.41) is 0. The van der Waals surface area contributed by atoms with Crippen LogP contribution in [-0.2, 0) is 16.1 Å². The molecule has 0 rings (SSSR count). The second-order valence-corrected chi connectivity index (χ2v) is 1.88. The first-order chi connectivity index (χ1) is 3.66. The average Bonchev–Trinajstić information content (AvgIpc) is 1.65. The summed E-state index contributed by atoms with van der Waals surface area (Å²) in [7, 11) is 0. The van der Waals surface area contributed by atoms with E-state index in [9.17, 15) is 9.00 Å². The van der Waals surface area contributed by atoms with Crippen LogP contribution in [0.15, 0.2) is 0 Å². The first-order valence-corrected chi connectivity index (χ1v) is 3.27. The van der Waals surface area contributed by atoms with Gasteiger partial charge in [0, 0.05) is 0 Å². The Morgan fingerprint density at radius 3 is 2.50 bits per heavy atom. The van der Waals surface area contributed by atoms with Gasteiger partial charge in [0.15, 0.2) is 0 Å². The molecule has 0 aromatic rings. The molecular formula is C2H4ClNO3S. The summed E-state index contributed by atoms with van der Waals surface area (Å²) in [6.07, 6.45) is 0. The highest BCUT2D eigenvalue weighted by molar-refractivity contribution is 7.77. The normalized spacial score (nSPS) is 12.8. The molecule has 4 nitrogen and oxygen atoms in total. The van der Waals surface area contributed by atoms with Crippen molar-refractivity contribution in [3.8, 4) is 0 Å². The summed E-state index contributed by atoms with van der Waals surface area (Å²) in [6.45, 7) is 0. The van der Waals surface area contributed by atoms with Crippen LogP contribution < -0.4 is 4.72 Å². The van der Waals surface area contributed by atoms with Gasteiger partial charge >= 0.3 is 0 Å². The number of nitrogens with one attached hydrogen (secondary N) is 1. The van der Waals surface area contributed by atoms with Crippen LogP contribution >= 0.6 is 11.6 Å². The van der Waals surface area contributed by atoms with E-state index in [1.165, 1.54) is 0 Å². The number of hydrogen-bond donors (Lipinski definition) is 2. The van der Waals surface area contributed by atoms with Crippen molar-refractivity contribution in [1.82, 2.24) is 4.72 Å². The average molecular weight is 158 g/mol. The molecule has 8 heavy (non-hydrogen) atoms. The molecule has 0 heterocycles. The minimum Gasteiger partial charge on any atom is -0.289 e. The maximum Gasteiger partial charge on any atom is 0.261 e. The Morgan fingerprint density at radius 2 is 2.38 bits per heavy atom. The van der Waals surface area contributed by atoms with Gasteiger partial charge in [-0.3, -0.25) is 14.1 Å². The van der Waals surface area contributed by atoms with E-state index in [4.69, 9.17) is 16.2 Å². The molecule has 0 aromatic carbocycles. The van der Waals surface area contributed by atoms with E-state index in [0.29, 0.717) is 0 Å². The standard InChI is InChI=1S/C2H4ClNO3S/c3-1-2(5)4-8(6)7/h1H2,(H,4,5)(H,6,7). The smallest absolute Gasteiger partial charge is 0.261 e. The first kappa shape index (κ1) is 7.87. The van der Waals surface area contributed by atoms with Gasteiger partial charge in [0.25, 0.3) is 11.3 Å². The van der Waals surface area contributed by atoms with Crippen molar-refractivity contribution in [3.05, 3.63) is 0 Å². The maximum absolute atomic E-state index is 10.0. The third-order valence-corrected chi connectivity index (χ3v) is 0.968. The Morgan fingerprint density at radius 1 is 1.88 bits per heavy atom. The number of alkyl halides is 1. The highest BCUT2D eigenvalue weighted by Gasteiger charge is 1.98. The van der Waals surface area contributed by atoms with E-state index < -0.39 is 17.2 Å². The molecule has 1 amide bonds. The number of amides is 1. The summed E-state index contributed by atoms with van der Waals surface area (Å²) < 4.78 is 19.3. The van der Waals surface area contributed by atoms with Crippen LogP contribution in [0.3, 0.4) is 0 Å². The molecule has 0 aromatic heterocycles. The quantitative estimate of drug-likeness (QED) is 0.419. The Balaban J connectivity index is 3.40. The van der Waals surface area contributed by atoms with E-state index in [0.717, 1.165) is 0 Å². The lowest BCUT2D eigenvalue weighted by Crippen LogP contribution is -2.25. The van der Waals surface area contributed by atoms with Crippen molar-refractivity contribution in [2.45, 2.75) is 0 Å². The minimum absolute atomic E-state index is 0.299. The molecule has 1 unspecified atom stereocenters. The van der Waals surface area contributed by atoms with Gasteiger partial charge < -0.3 is 0 Å². The molecule has 48 valence electrons. The number of rotatable bonds is 2. The third kappa shape index (κ3) is 4.04. The summed E-state index contributed by atoms with van der Waals surface area (Å²) in [5.41, 5.74) is 0. The molecule has 0 aliphatic carbocycles.